The first-order chi connectivity index (χ1) is 16.8. The van der Waals surface area contributed by atoms with E-state index in [4.69, 9.17) is 0 Å². The molecule has 0 unspecified atom stereocenters. The van der Waals surface area contributed by atoms with Gasteiger partial charge in [0.2, 0.25) is 0 Å². The third kappa shape index (κ3) is 5.93. The van der Waals surface area contributed by atoms with Crippen molar-refractivity contribution in [3.05, 3.63) is 11.6 Å². The summed E-state index contributed by atoms with van der Waals surface area (Å²) in [5, 5.41) is 0.975. The monoisotopic (exact) mass is 500 g/mol. The van der Waals surface area contributed by atoms with Gasteiger partial charge < -0.3 is 0 Å². The molecule has 1 nitrogen and oxygen atoms in total. The van der Waals surface area contributed by atoms with E-state index in [2.05, 4.69) is 40.7 Å². The standard InChI is InChI=1S/C33H56OS/c1-6-8-9-10-11-12-13-25-15-17-29-28-16-14-26-23-27(35-31(34)22-24(3)7-2)18-20-33(26,5)30(28)19-21-32(25,29)4/h14,24-25,27-30H,6-13,15-23H2,1-5H3/t24-,25+,27+,28+,29+,30+,32-,33+/m1/s1. The first-order valence-corrected chi connectivity index (χ1v) is 16.6. The Labute approximate surface area is 222 Å². The summed E-state index contributed by atoms with van der Waals surface area (Å²) < 4.78 is 0. The quantitative estimate of drug-likeness (QED) is 0.207. The minimum absolute atomic E-state index is 0.415. The van der Waals surface area contributed by atoms with Crippen LogP contribution in [0.25, 0.3) is 0 Å². The van der Waals surface area contributed by atoms with Crippen molar-refractivity contribution in [2.24, 2.45) is 40.4 Å². The van der Waals surface area contributed by atoms with E-state index in [0.717, 1.165) is 36.5 Å². The average molecular weight is 501 g/mol. The van der Waals surface area contributed by atoms with Crippen molar-refractivity contribution in [1.29, 1.82) is 0 Å². The molecule has 0 radical (unpaired) electrons. The first kappa shape index (κ1) is 27.8. The zero-order chi connectivity index (χ0) is 25.1. The van der Waals surface area contributed by atoms with Crippen molar-refractivity contribution in [3.8, 4) is 0 Å². The van der Waals surface area contributed by atoms with Crippen LogP contribution < -0.4 is 0 Å². The van der Waals surface area contributed by atoms with Gasteiger partial charge in [-0.2, -0.15) is 0 Å². The molecule has 35 heavy (non-hydrogen) atoms. The van der Waals surface area contributed by atoms with Crippen LogP contribution in [0.2, 0.25) is 0 Å². The topological polar surface area (TPSA) is 17.1 Å². The molecule has 4 rings (SSSR count). The molecule has 0 saturated heterocycles. The van der Waals surface area contributed by atoms with E-state index in [-0.39, 0.29) is 0 Å². The molecular weight excluding hydrogens is 444 g/mol. The molecular formula is C33H56OS. The number of unbranched alkanes of at least 4 members (excludes halogenated alkanes) is 5. The minimum atomic E-state index is 0.415. The number of carbonyl (C=O) groups excluding carboxylic acids is 1. The van der Waals surface area contributed by atoms with Gasteiger partial charge in [0.1, 0.15) is 0 Å². The Morgan fingerprint density at radius 1 is 1.00 bits per heavy atom. The lowest BCUT2D eigenvalue weighted by atomic mass is 9.47. The normalized spacial score (nSPS) is 39.3. The zero-order valence-electron chi connectivity index (χ0n) is 23.9. The van der Waals surface area contributed by atoms with Crippen LogP contribution in [0.15, 0.2) is 11.6 Å². The highest BCUT2D eigenvalue weighted by Crippen LogP contribution is 2.67. The lowest BCUT2D eigenvalue weighted by molar-refractivity contribution is -0.111. The van der Waals surface area contributed by atoms with Crippen LogP contribution in [-0.4, -0.2) is 10.4 Å². The van der Waals surface area contributed by atoms with E-state index < -0.39 is 0 Å². The molecule has 0 aromatic rings. The van der Waals surface area contributed by atoms with Crippen LogP contribution in [0.4, 0.5) is 0 Å². The van der Waals surface area contributed by atoms with Crippen molar-refractivity contribution in [1.82, 2.24) is 0 Å². The molecule has 0 spiro atoms. The van der Waals surface area contributed by atoms with Crippen molar-refractivity contribution in [3.63, 3.8) is 0 Å². The summed E-state index contributed by atoms with van der Waals surface area (Å²) in [6.45, 7) is 12.1. The molecule has 3 saturated carbocycles. The maximum Gasteiger partial charge on any atom is 0.189 e. The highest BCUT2D eigenvalue weighted by molar-refractivity contribution is 8.14. The molecule has 3 fully saturated rings. The van der Waals surface area contributed by atoms with Crippen LogP contribution in [0, 0.1) is 40.4 Å². The van der Waals surface area contributed by atoms with E-state index in [1.54, 1.807) is 17.3 Å². The van der Waals surface area contributed by atoms with Crippen molar-refractivity contribution in [2.45, 2.75) is 149 Å². The summed E-state index contributed by atoms with van der Waals surface area (Å²) in [4.78, 5) is 12.6. The largest absolute Gasteiger partial charge is 0.287 e. The Morgan fingerprint density at radius 2 is 1.77 bits per heavy atom. The summed E-state index contributed by atoms with van der Waals surface area (Å²) >= 11 is 1.70. The van der Waals surface area contributed by atoms with Crippen LogP contribution >= 0.6 is 11.8 Å². The number of rotatable bonds is 11. The van der Waals surface area contributed by atoms with Gasteiger partial charge in [0.25, 0.3) is 0 Å². The van der Waals surface area contributed by atoms with Crippen molar-refractivity contribution < 1.29 is 4.79 Å². The Bertz CT molecular complexity index is 741. The second kappa shape index (κ2) is 12.1. The number of carbonyl (C=O) groups is 1. The van der Waals surface area contributed by atoms with Crippen LogP contribution in [-0.2, 0) is 4.79 Å². The van der Waals surface area contributed by atoms with Gasteiger partial charge in [-0.05, 0) is 98.2 Å². The Balaban J connectivity index is 1.35. The lowest BCUT2D eigenvalue weighted by Crippen LogP contribution is -2.50. The lowest BCUT2D eigenvalue weighted by Gasteiger charge is -2.58. The summed E-state index contributed by atoms with van der Waals surface area (Å²) in [6.07, 6.45) is 25.7. The molecule has 200 valence electrons. The number of thioether (sulfide) groups is 1. The molecule has 0 heterocycles. The second-order valence-corrected chi connectivity index (χ2v) is 15.1. The predicted molar refractivity (Wildman–Crippen MR) is 154 cm³/mol. The molecule has 8 atom stereocenters. The summed E-state index contributed by atoms with van der Waals surface area (Å²) in [5.41, 5.74) is 2.77. The maximum absolute atomic E-state index is 12.6. The van der Waals surface area contributed by atoms with Crippen LogP contribution in [0.1, 0.15) is 144 Å². The number of allylic oxidation sites excluding steroid dienone is 2. The molecule has 0 N–H and O–H groups in total. The van der Waals surface area contributed by atoms with Gasteiger partial charge in [0, 0.05) is 11.7 Å². The van der Waals surface area contributed by atoms with Gasteiger partial charge in [0.05, 0.1) is 0 Å². The molecule has 0 aromatic carbocycles. The molecule has 0 bridgehead atoms. The van der Waals surface area contributed by atoms with Gasteiger partial charge in [0.15, 0.2) is 5.12 Å². The fourth-order valence-corrected chi connectivity index (χ4v) is 10.4. The van der Waals surface area contributed by atoms with E-state index in [1.165, 1.54) is 96.3 Å². The van der Waals surface area contributed by atoms with E-state index in [1.807, 2.05) is 0 Å². The third-order valence-electron chi connectivity index (χ3n) is 11.7. The summed E-state index contributed by atoms with van der Waals surface area (Å²) in [7, 11) is 0. The fourth-order valence-electron chi connectivity index (χ4n) is 9.15. The highest BCUT2D eigenvalue weighted by Gasteiger charge is 2.58. The molecule has 0 aromatic heterocycles. The fraction of sp³-hybridized carbons (Fsp3) is 0.909. The molecule has 4 aliphatic carbocycles. The molecule has 2 heteroatoms. The Morgan fingerprint density at radius 3 is 2.54 bits per heavy atom. The zero-order valence-corrected chi connectivity index (χ0v) is 24.7. The summed E-state index contributed by atoms with van der Waals surface area (Å²) in [5.74, 6) is 4.31. The Kier molecular flexibility index (Phi) is 9.59. The van der Waals surface area contributed by atoms with Crippen LogP contribution in [0.5, 0.6) is 0 Å². The molecule has 4 aliphatic rings. The van der Waals surface area contributed by atoms with Gasteiger partial charge in [-0.1, -0.05) is 103 Å². The van der Waals surface area contributed by atoms with Crippen molar-refractivity contribution in [2.75, 3.05) is 0 Å². The number of hydrogen-bond donors (Lipinski definition) is 0. The SMILES string of the molecule is CCCCCCCC[C@H]1CC[C@H]2[C@@H]3CC=C4C[C@@H](SC(=O)C[C@H](C)CC)CC[C@]4(C)[C@H]3CC[C@]12C. The first-order valence-electron chi connectivity index (χ1n) is 15.7. The van der Waals surface area contributed by atoms with Gasteiger partial charge in [-0.15, -0.1) is 0 Å². The maximum atomic E-state index is 12.6. The summed E-state index contributed by atoms with van der Waals surface area (Å²) in [6, 6.07) is 0. The number of hydrogen-bond acceptors (Lipinski definition) is 2. The smallest absolute Gasteiger partial charge is 0.189 e. The second-order valence-electron chi connectivity index (χ2n) is 13.7. The molecule has 0 amide bonds. The predicted octanol–water partition coefficient (Wildman–Crippen LogP) is 10.4. The van der Waals surface area contributed by atoms with Crippen LogP contribution in [0.3, 0.4) is 0 Å². The van der Waals surface area contributed by atoms with E-state index in [0.29, 0.717) is 27.1 Å². The van der Waals surface area contributed by atoms with Gasteiger partial charge >= 0.3 is 0 Å². The van der Waals surface area contributed by atoms with E-state index in [9.17, 15) is 4.79 Å². The van der Waals surface area contributed by atoms with Crippen molar-refractivity contribution >= 4 is 16.9 Å². The van der Waals surface area contributed by atoms with Gasteiger partial charge in [-0.25, -0.2) is 0 Å². The average Bonchev–Trinajstić information content (AvgIpc) is 3.17. The third-order valence-corrected chi connectivity index (χ3v) is 12.8. The van der Waals surface area contributed by atoms with E-state index >= 15 is 0 Å². The Hall–Kier alpha value is -0.240. The van der Waals surface area contributed by atoms with Gasteiger partial charge in [-0.3, -0.25) is 4.79 Å². The molecule has 0 aliphatic heterocycles. The highest BCUT2D eigenvalue weighted by atomic mass is 32.2. The number of fused-ring (bicyclic) bond motifs is 5. The minimum Gasteiger partial charge on any atom is -0.287 e.